The average molecular weight is 316 g/mol. The molecule has 0 aliphatic rings. The molecule has 0 fully saturated rings. The Morgan fingerprint density at radius 3 is 2.25 bits per heavy atom. The lowest BCUT2D eigenvalue weighted by Crippen LogP contribution is -1.96. The van der Waals surface area contributed by atoms with Gasteiger partial charge in [-0.1, -0.05) is 0 Å². The van der Waals surface area contributed by atoms with E-state index in [0.29, 0.717) is 4.47 Å². The Labute approximate surface area is 90.2 Å². The molecule has 0 spiro atoms. The molecule has 64 valence electrons. The van der Waals surface area contributed by atoms with Gasteiger partial charge in [-0.2, -0.15) is 0 Å². The molecular formula is C7H2Br2ClFO. The minimum atomic E-state index is -0.819. The van der Waals surface area contributed by atoms with Crippen LogP contribution in [0.5, 0.6) is 0 Å². The maximum atomic E-state index is 13.1. The lowest BCUT2D eigenvalue weighted by Gasteiger charge is -2.01. The number of rotatable bonds is 1. The highest BCUT2D eigenvalue weighted by Crippen LogP contribution is 2.27. The molecule has 1 aromatic carbocycles. The highest BCUT2D eigenvalue weighted by atomic mass is 79.9. The predicted molar refractivity (Wildman–Crippen MR) is 52.0 cm³/mol. The van der Waals surface area contributed by atoms with Crippen LogP contribution in [0.25, 0.3) is 0 Å². The van der Waals surface area contributed by atoms with Crippen molar-refractivity contribution in [1.82, 2.24) is 0 Å². The van der Waals surface area contributed by atoms with Crippen LogP contribution >= 0.6 is 43.5 Å². The number of carbonyl (C=O) groups excluding carboxylic acids is 1. The van der Waals surface area contributed by atoms with Crippen LogP contribution in [-0.4, -0.2) is 5.24 Å². The first kappa shape index (κ1) is 10.2. The molecule has 12 heavy (non-hydrogen) atoms. The zero-order valence-corrected chi connectivity index (χ0v) is 9.50. The van der Waals surface area contributed by atoms with Gasteiger partial charge in [0.05, 0.1) is 10.0 Å². The molecule has 0 aromatic heterocycles. The van der Waals surface area contributed by atoms with Crippen molar-refractivity contribution in [3.8, 4) is 0 Å². The summed E-state index contributed by atoms with van der Waals surface area (Å²) in [7, 11) is 0. The van der Waals surface area contributed by atoms with Crippen molar-refractivity contribution in [3.63, 3.8) is 0 Å². The maximum absolute atomic E-state index is 13.1. The van der Waals surface area contributed by atoms with Crippen LogP contribution in [0, 0.1) is 5.82 Å². The van der Waals surface area contributed by atoms with Gasteiger partial charge in [0.2, 0.25) is 0 Å². The van der Waals surface area contributed by atoms with Crippen LogP contribution in [-0.2, 0) is 0 Å². The van der Waals surface area contributed by atoms with Crippen molar-refractivity contribution in [1.29, 1.82) is 0 Å². The third kappa shape index (κ3) is 1.87. The van der Waals surface area contributed by atoms with Crippen LogP contribution in [0.1, 0.15) is 10.4 Å². The number of benzene rings is 1. The topological polar surface area (TPSA) is 17.1 Å². The van der Waals surface area contributed by atoms with Gasteiger partial charge in [0, 0.05) is 4.47 Å². The summed E-state index contributed by atoms with van der Waals surface area (Å²) in [6.07, 6.45) is 0. The van der Waals surface area contributed by atoms with E-state index in [1.165, 1.54) is 6.07 Å². The number of halogens is 4. The van der Waals surface area contributed by atoms with Gasteiger partial charge in [0.1, 0.15) is 0 Å². The molecule has 0 heterocycles. The fourth-order valence-electron chi connectivity index (χ4n) is 0.707. The van der Waals surface area contributed by atoms with E-state index >= 15 is 0 Å². The highest BCUT2D eigenvalue weighted by Gasteiger charge is 2.15. The third-order valence-corrected chi connectivity index (χ3v) is 2.70. The minimum absolute atomic E-state index is 0.147. The monoisotopic (exact) mass is 314 g/mol. The maximum Gasteiger partial charge on any atom is 0.256 e. The molecule has 5 heteroatoms. The van der Waals surface area contributed by atoms with Gasteiger partial charge in [-0.15, -0.1) is 0 Å². The van der Waals surface area contributed by atoms with Crippen molar-refractivity contribution in [2.45, 2.75) is 0 Å². The Balaban J connectivity index is 3.43. The Morgan fingerprint density at radius 2 is 1.83 bits per heavy atom. The predicted octanol–water partition coefficient (Wildman–Crippen LogP) is 3.73. The Kier molecular flexibility index (Phi) is 3.26. The average Bonchev–Trinajstić information content (AvgIpc) is 1.97. The number of hydrogen-bond donors (Lipinski definition) is 0. The molecule has 0 atom stereocenters. The second-order valence-corrected chi connectivity index (χ2v) is 4.04. The van der Waals surface area contributed by atoms with E-state index in [2.05, 4.69) is 31.9 Å². The molecular weight excluding hydrogens is 314 g/mol. The summed E-state index contributed by atoms with van der Waals surface area (Å²) >= 11 is 11.1. The van der Waals surface area contributed by atoms with Gasteiger partial charge >= 0.3 is 0 Å². The molecule has 0 N–H and O–H groups in total. The second kappa shape index (κ2) is 3.85. The SMILES string of the molecule is O=C(Cl)c1c(Br)ccc(Br)c1F. The van der Waals surface area contributed by atoms with Crippen molar-refractivity contribution in [3.05, 3.63) is 32.5 Å². The summed E-state index contributed by atoms with van der Waals surface area (Å²) in [5.74, 6) is -0.649. The summed E-state index contributed by atoms with van der Waals surface area (Å²) in [6, 6.07) is 3.03. The van der Waals surface area contributed by atoms with Crippen molar-refractivity contribution in [2.24, 2.45) is 0 Å². The molecule has 0 amide bonds. The second-order valence-electron chi connectivity index (χ2n) is 1.99. The lowest BCUT2D eigenvalue weighted by atomic mass is 10.2. The highest BCUT2D eigenvalue weighted by molar-refractivity contribution is 9.11. The van der Waals surface area contributed by atoms with E-state index in [9.17, 15) is 9.18 Å². The zero-order valence-electron chi connectivity index (χ0n) is 5.57. The fourth-order valence-corrected chi connectivity index (χ4v) is 1.82. The van der Waals surface area contributed by atoms with Gasteiger partial charge in [-0.05, 0) is 55.6 Å². The number of hydrogen-bond acceptors (Lipinski definition) is 1. The molecule has 0 radical (unpaired) electrons. The lowest BCUT2D eigenvalue weighted by molar-refractivity contribution is 0.107. The van der Waals surface area contributed by atoms with Crippen LogP contribution in [0.2, 0.25) is 0 Å². The van der Waals surface area contributed by atoms with E-state index < -0.39 is 11.1 Å². The summed E-state index contributed by atoms with van der Waals surface area (Å²) in [4.78, 5) is 10.7. The quantitative estimate of drug-likeness (QED) is 0.570. The molecule has 1 aromatic rings. The molecule has 0 bridgehead atoms. The zero-order chi connectivity index (χ0) is 9.30. The van der Waals surface area contributed by atoms with Gasteiger partial charge in [-0.25, -0.2) is 4.39 Å². The Morgan fingerprint density at radius 1 is 1.33 bits per heavy atom. The molecule has 1 nitrogen and oxygen atoms in total. The molecule has 1 rings (SSSR count). The van der Waals surface area contributed by atoms with Crippen LogP contribution in [0.4, 0.5) is 4.39 Å². The van der Waals surface area contributed by atoms with E-state index in [4.69, 9.17) is 11.6 Å². The Hall–Kier alpha value is 0.0700. The molecule has 0 aliphatic heterocycles. The Bertz CT molecular complexity index is 340. The van der Waals surface area contributed by atoms with E-state index in [1.807, 2.05) is 0 Å². The minimum Gasteiger partial charge on any atom is -0.275 e. The van der Waals surface area contributed by atoms with Gasteiger partial charge in [0.15, 0.2) is 5.82 Å². The summed E-state index contributed by atoms with van der Waals surface area (Å²) < 4.78 is 13.7. The van der Waals surface area contributed by atoms with Gasteiger partial charge < -0.3 is 0 Å². The normalized spacial score (nSPS) is 10.0. The van der Waals surface area contributed by atoms with Gasteiger partial charge in [0.25, 0.3) is 5.24 Å². The number of carbonyl (C=O) groups is 1. The molecule has 0 aliphatic carbocycles. The van der Waals surface area contributed by atoms with Crippen LogP contribution < -0.4 is 0 Å². The van der Waals surface area contributed by atoms with Crippen molar-refractivity contribution in [2.75, 3.05) is 0 Å². The van der Waals surface area contributed by atoms with E-state index in [1.54, 1.807) is 6.07 Å². The summed E-state index contributed by atoms with van der Waals surface area (Å²) in [5, 5.41) is -0.819. The first-order chi connectivity index (χ1) is 5.54. The molecule has 0 unspecified atom stereocenters. The standard InChI is InChI=1S/C7H2Br2ClFO/c8-3-1-2-4(9)6(11)5(3)7(10)12/h1-2H. The third-order valence-electron chi connectivity index (χ3n) is 1.24. The van der Waals surface area contributed by atoms with Crippen molar-refractivity contribution >= 4 is 48.7 Å². The van der Waals surface area contributed by atoms with Gasteiger partial charge in [-0.3, -0.25) is 4.79 Å². The first-order valence-electron chi connectivity index (χ1n) is 2.87. The summed E-state index contributed by atoms with van der Waals surface area (Å²) in [5.41, 5.74) is -0.147. The van der Waals surface area contributed by atoms with Crippen molar-refractivity contribution < 1.29 is 9.18 Å². The summed E-state index contributed by atoms with van der Waals surface area (Å²) in [6.45, 7) is 0. The smallest absolute Gasteiger partial charge is 0.256 e. The van der Waals surface area contributed by atoms with E-state index in [-0.39, 0.29) is 10.0 Å². The largest absolute Gasteiger partial charge is 0.275 e. The van der Waals surface area contributed by atoms with Crippen LogP contribution in [0.15, 0.2) is 21.1 Å². The van der Waals surface area contributed by atoms with E-state index in [0.717, 1.165) is 0 Å². The fraction of sp³-hybridized carbons (Fsp3) is 0. The molecule has 0 saturated carbocycles. The van der Waals surface area contributed by atoms with Crippen LogP contribution in [0.3, 0.4) is 0 Å². The first-order valence-corrected chi connectivity index (χ1v) is 4.83. The molecule has 0 saturated heterocycles.